The average molecular weight is 219 g/mol. The molecule has 0 spiro atoms. The van der Waals surface area contributed by atoms with Crippen LogP contribution in [0.5, 0.6) is 0 Å². The van der Waals surface area contributed by atoms with Crippen molar-refractivity contribution in [2.24, 2.45) is 11.7 Å². The quantitative estimate of drug-likeness (QED) is 0.830. The molecule has 0 saturated heterocycles. The standard InChI is InChI=1S/C14H21NO/c1-10(2)9-14(3,4)12-7-5-11(6-8-12)13(15)16/h5-8,10H,9H2,1-4H3,(H2,15,16). The molecule has 0 aromatic heterocycles. The van der Waals surface area contributed by atoms with E-state index in [9.17, 15) is 4.79 Å². The number of hydrogen-bond acceptors (Lipinski definition) is 1. The number of nitrogens with two attached hydrogens (primary N) is 1. The van der Waals surface area contributed by atoms with Gasteiger partial charge in [0.05, 0.1) is 0 Å². The molecule has 88 valence electrons. The van der Waals surface area contributed by atoms with Crippen LogP contribution in [0, 0.1) is 5.92 Å². The number of carbonyl (C=O) groups is 1. The van der Waals surface area contributed by atoms with E-state index < -0.39 is 0 Å². The fraction of sp³-hybridized carbons (Fsp3) is 0.500. The van der Waals surface area contributed by atoms with Crippen LogP contribution in [0.4, 0.5) is 0 Å². The Morgan fingerprint density at radius 1 is 1.25 bits per heavy atom. The predicted molar refractivity (Wildman–Crippen MR) is 67.4 cm³/mol. The fourth-order valence-corrected chi connectivity index (χ4v) is 2.22. The third kappa shape index (κ3) is 3.09. The van der Waals surface area contributed by atoms with Crippen LogP contribution < -0.4 is 5.73 Å². The van der Waals surface area contributed by atoms with Crippen molar-refractivity contribution in [2.45, 2.75) is 39.5 Å². The molecule has 0 radical (unpaired) electrons. The van der Waals surface area contributed by atoms with E-state index in [2.05, 4.69) is 27.7 Å². The number of rotatable bonds is 4. The predicted octanol–water partition coefficient (Wildman–Crippen LogP) is 3.11. The zero-order valence-electron chi connectivity index (χ0n) is 10.6. The van der Waals surface area contributed by atoms with Crippen molar-refractivity contribution >= 4 is 5.91 Å². The molecule has 0 aliphatic rings. The maximum Gasteiger partial charge on any atom is 0.248 e. The number of hydrogen-bond donors (Lipinski definition) is 1. The van der Waals surface area contributed by atoms with Crippen LogP contribution in [-0.2, 0) is 5.41 Å². The van der Waals surface area contributed by atoms with Crippen molar-refractivity contribution in [3.05, 3.63) is 35.4 Å². The topological polar surface area (TPSA) is 43.1 Å². The summed E-state index contributed by atoms with van der Waals surface area (Å²) in [5.74, 6) is 0.291. The first-order chi connectivity index (χ1) is 7.33. The lowest BCUT2D eigenvalue weighted by molar-refractivity contribution is 0.1000. The molecule has 2 N–H and O–H groups in total. The molecule has 2 heteroatoms. The second-order valence-electron chi connectivity index (χ2n) is 5.42. The van der Waals surface area contributed by atoms with Crippen molar-refractivity contribution in [3.8, 4) is 0 Å². The largest absolute Gasteiger partial charge is 0.366 e. The van der Waals surface area contributed by atoms with E-state index in [1.165, 1.54) is 5.56 Å². The molecule has 0 heterocycles. The smallest absolute Gasteiger partial charge is 0.248 e. The summed E-state index contributed by atoms with van der Waals surface area (Å²) in [5.41, 5.74) is 7.19. The van der Waals surface area contributed by atoms with Gasteiger partial charge in [-0.25, -0.2) is 0 Å². The molecule has 1 rings (SSSR count). The third-order valence-corrected chi connectivity index (χ3v) is 2.87. The van der Waals surface area contributed by atoms with Gasteiger partial charge in [0.2, 0.25) is 5.91 Å². The van der Waals surface area contributed by atoms with Gasteiger partial charge in [0.1, 0.15) is 0 Å². The molecule has 1 amide bonds. The average Bonchev–Trinajstić information content (AvgIpc) is 2.16. The van der Waals surface area contributed by atoms with E-state index in [-0.39, 0.29) is 11.3 Å². The van der Waals surface area contributed by atoms with Crippen molar-refractivity contribution < 1.29 is 4.79 Å². The summed E-state index contributed by atoms with van der Waals surface area (Å²) < 4.78 is 0. The summed E-state index contributed by atoms with van der Waals surface area (Å²) in [6.45, 7) is 8.90. The normalized spacial score (nSPS) is 11.8. The van der Waals surface area contributed by atoms with Crippen LogP contribution in [0.15, 0.2) is 24.3 Å². The summed E-state index contributed by atoms with van der Waals surface area (Å²) >= 11 is 0. The van der Waals surface area contributed by atoms with Gasteiger partial charge in [-0.05, 0) is 35.4 Å². The number of amides is 1. The van der Waals surface area contributed by atoms with Gasteiger partial charge < -0.3 is 5.73 Å². The zero-order chi connectivity index (χ0) is 12.3. The second-order valence-corrected chi connectivity index (χ2v) is 5.42. The van der Waals surface area contributed by atoms with E-state index in [1.54, 1.807) is 12.1 Å². The first kappa shape index (κ1) is 12.8. The van der Waals surface area contributed by atoms with E-state index in [1.807, 2.05) is 12.1 Å². The maximum atomic E-state index is 11.0. The zero-order valence-corrected chi connectivity index (χ0v) is 10.6. The molecule has 0 bridgehead atoms. The van der Waals surface area contributed by atoms with Crippen LogP contribution in [-0.4, -0.2) is 5.91 Å². The van der Waals surface area contributed by atoms with Crippen molar-refractivity contribution in [2.75, 3.05) is 0 Å². The fourth-order valence-electron chi connectivity index (χ4n) is 2.22. The van der Waals surface area contributed by atoms with Crippen LogP contribution in [0.1, 0.15) is 50.0 Å². The monoisotopic (exact) mass is 219 g/mol. The molecule has 0 aliphatic heterocycles. The lowest BCUT2D eigenvalue weighted by atomic mass is 9.78. The highest BCUT2D eigenvalue weighted by molar-refractivity contribution is 5.92. The summed E-state index contributed by atoms with van der Waals surface area (Å²) in [5, 5.41) is 0. The minimum absolute atomic E-state index is 0.143. The highest BCUT2D eigenvalue weighted by atomic mass is 16.1. The van der Waals surface area contributed by atoms with E-state index in [0.717, 1.165) is 6.42 Å². The van der Waals surface area contributed by atoms with Gasteiger partial charge >= 0.3 is 0 Å². The molecule has 0 saturated carbocycles. The highest BCUT2D eigenvalue weighted by Gasteiger charge is 2.21. The Morgan fingerprint density at radius 2 is 1.75 bits per heavy atom. The molecule has 16 heavy (non-hydrogen) atoms. The van der Waals surface area contributed by atoms with Crippen molar-refractivity contribution in [3.63, 3.8) is 0 Å². The number of benzene rings is 1. The van der Waals surface area contributed by atoms with Crippen molar-refractivity contribution in [1.29, 1.82) is 0 Å². The Labute approximate surface area is 97.9 Å². The van der Waals surface area contributed by atoms with E-state index in [0.29, 0.717) is 11.5 Å². The molecule has 0 fully saturated rings. The van der Waals surface area contributed by atoms with E-state index >= 15 is 0 Å². The lowest BCUT2D eigenvalue weighted by Crippen LogP contribution is -2.20. The second kappa shape index (κ2) is 4.69. The van der Waals surface area contributed by atoms with Gasteiger partial charge in [0.25, 0.3) is 0 Å². The summed E-state index contributed by atoms with van der Waals surface area (Å²) in [6.07, 6.45) is 1.13. The van der Waals surface area contributed by atoms with Gasteiger partial charge in [0, 0.05) is 5.56 Å². The first-order valence-corrected chi connectivity index (χ1v) is 5.73. The van der Waals surface area contributed by atoms with Gasteiger partial charge in [0.15, 0.2) is 0 Å². The van der Waals surface area contributed by atoms with Crippen LogP contribution in [0.3, 0.4) is 0 Å². The Balaban J connectivity index is 2.92. The van der Waals surface area contributed by atoms with Gasteiger partial charge in [-0.1, -0.05) is 39.8 Å². The van der Waals surface area contributed by atoms with Crippen molar-refractivity contribution in [1.82, 2.24) is 0 Å². The summed E-state index contributed by atoms with van der Waals surface area (Å²) in [4.78, 5) is 11.0. The lowest BCUT2D eigenvalue weighted by Gasteiger charge is -2.27. The molecule has 0 atom stereocenters. The van der Waals surface area contributed by atoms with E-state index in [4.69, 9.17) is 5.73 Å². The number of carbonyl (C=O) groups excluding carboxylic acids is 1. The molecule has 1 aromatic rings. The van der Waals surface area contributed by atoms with Crippen LogP contribution in [0.2, 0.25) is 0 Å². The Bertz CT molecular complexity index is 363. The molecule has 2 nitrogen and oxygen atoms in total. The van der Waals surface area contributed by atoms with Gasteiger partial charge in [-0.2, -0.15) is 0 Å². The molecule has 1 aromatic carbocycles. The molecule has 0 unspecified atom stereocenters. The Kier molecular flexibility index (Phi) is 3.74. The molecular weight excluding hydrogens is 198 g/mol. The van der Waals surface area contributed by atoms with Gasteiger partial charge in [-0.3, -0.25) is 4.79 Å². The minimum atomic E-state index is -0.367. The molecule has 0 aliphatic carbocycles. The maximum absolute atomic E-state index is 11.0. The summed E-state index contributed by atoms with van der Waals surface area (Å²) in [6, 6.07) is 7.62. The Morgan fingerprint density at radius 3 is 2.12 bits per heavy atom. The van der Waals surface area contributed by atoms with Crippen LogP contribution in [0.25, 0.3) is 0 Å². The first-order valence-electron chi connectivity index (χ1n) is 5.73. The molecular formula is C14H21NO. The highest BCUT2D eigenvalue weighted by Crippen LogP contribution is 2.30. The van der Waals surface area contributed by atoms with Crippen LogP contribution >= 0.6 is 0 Å². The number of primary amides is 1. The van der Waals surface area contributed by atoms with Gasteiger partial charge in [-0.15, -0.1) is 0 Å². The summed E-state index contributed by atoms with van der Waals surface area (Å²) in [7, 11) is 0. The SMILES string of the molecule is CC(C)CC(C)(C)c1ccc(C(N)=O)cc1. The minimum Gasteiger partial charge on any atom is -0.366 e. The third-order valence-electron chi connectivity index (χ3n) is 2.87. The Hall–Kier alpha value is -1.31.